The Bertz CT molecular complexity index is 453. The second-order valence-corrected chi connectivity index (χ2v) is 5.04. The minimum absolute atomic E-state index is 0.142. The molecule has 0 radical (unpaired) electrons. The maximum absolute atomic E-state index is 11.9. The van der Waals surface area contributed by atoms with Gasteiger partial charge in [-0.15, -0.1) is 0 Å². The first-order valence-corrected chi connectivity index (χ1v) is 6.61. The predicted molar refractivity (Wildman–Crippen MR) is 67.8 cm³/mol. The van der Waals surface area contributed by atoms with E-state index in [2.05, 4.69) is 10.8 Å². The minimum atomic E-state index is -0.142. The van der Waals surface area contributed by atoms with E-state index in [0.717, 1.165) is 25.9 Å². The molecule has 1 aromatic carbocycles. The normalized spacial score (nSPS) is 18.9. The van der Waals surface area contributed by atoms with Crippen molar-refractivity contribution in [2.45, 2.75) is 44.9 Å². The van der Waals surface area contributed by atoms with Crippen molar-refractivity contribution in [2.24, 2.45) is 0 Å². The van der Waals surface area contributed by atoms with Crippen LogP contribution in [0.1, 0.15) is 47.2 Å². The van der Waals surface area contributed by atoms with Gasteiger partial charge in [-0.3, -0.25) is 9.63 Å². The standard InChI is InChI=1S/C14H18N2O2/c17-14(16-18-13-3-1-2-4-13)10-5-6-11-8-15-9-12(11)7-10/h5-7,13,15H,1-4,8-9H2,(H,16,17). The fourth-order valence-corrected chi connectivity index (χ4v) is 2.64. The molecule has 96 valence electrons. The molecule has 1 aromatic rings. The predicted octanol–water partition coefficient (Wildman–Crippen LogP) is 1.89. The molecule has 18 heavy (non-hydrogen) atoms. The molecule has 1 heterocycles. The number of carbonyl (C=O) groups is 1. The molecule has 1 aliphatic carbocycles. The maximum atomic E-state index is 11.9. The summed E-state index contributed by atoms with van der Waals surface area (Å²) in [7, 11) is 0. The molecule has 2 aliphatic rings. The Balaban J connectivity index is 1.61. The van der Waals surface area contributed by atoms with E-state index in [-0.39, 0.29) is 12.0 Å². The molecule has 0 saturated heterocycles. The van der Waals surface area contributed by atoms with Gasteiger partial charge in [0.25, 0.3) is 5.91 Å². The first-order chi connectivity index (χ1) is 8.83. The number of amides is 1. The van der Waals surface area contributed by atoms with Crippen molar-refractivity contribution in [2.75, 3.05) is 0 Å². The Labute approximate surface area is 107 Å². The molecule has 2 N–H and O–H groups in total. The first kappa shape index (κ1) is 11.7. The average molecular weight is 246 g/mol. The molecule has 4 nitrogen and oxygen atoms in total. The van der Waals surface area contributed by atoms with Crippen LogP contribution < -0.4 is 10.8 Å². The lowest BCUT2D eigenvalue weighted by Gasteiger charge is -2.11. The van der Waals surface area contributed by atoms with Gasteiger partial charge >= 0.3 is 0 Å². The molecule has 1 fully saturated rings. The molecule has 0 spiro atoms. The SMILES string of the molecule is O=C(NOC1CCCC1)c1ccc2c(c1)CNC2. The van der Waals surface area contributed by atoms with E-state index in [9.17, 15) is 4.79 Å². The smallest absolute Gasteiger partial charge is 0.274 e. The van der Waals surface area contributed by atoms with Gasteiger partial charge in [-0.1, -0.05) is 18.9 Å². The summed E-state index contributed by atoms with van der Waals surface area (Å²) < 4.78 is 0. The van der Waals surface area contributed by atoms with Crippen LogP contribution >= 0.6 is 0 Å². The van der Waals surface area contributed by atoms with E-state index in [4.69, 9.17) is 4.84 Å². The number of hydroxylamine groups is 1. The average Bonchev–Trinajstić information content (AvgIpc) is 3.05. The van der Waals surface area contributed by atoms with Gasteiger partial charge in [0, 0.05) is 18.7 Å². The van der Waals surface area contributed by atoms with Crippen LogP contribution in [-0.4, -0.2) is 12.0 Å². The Morgan fingerprint density at radius 2 is 2.00 bits per heavy atom. The fraction of sp³-hybridized carbons (Fsp3) is 0.500. The monoisotopic (exact) mass is 246 g/mol. The number of rotatable bonds is 3. The number of carbonyl (C=O) groups excluding carboxylic acids is 1. The highest BCUT2D eigenvalue weighted by Crippen LogP contribution is 2.20. The molecule has 0 unspecified atom stereocenters. The maximum Gasteiger partial charge on any atom is 0.274 e. The summed E-state index contributed by atoms with van der Waals surface area (Å²) in [5.74, 6) is -0.142. The van der Waals surface area contributed by atoms with Crippen LogP contribution in [-0.2, 0) is 17.9 Å². The van der Waals surface area contributed by atoms with Crippen LogP contribution in [0.5, 0.6) is 0 Å². The number of nitrogens with one attached hydrogen (secondary N) is 2. The van der Waals surface area contributed by atoms with Gasteiger partial charge in [-0.25, -0.2) is 5.48 Å². The van der Waals surface area contributed by atoms with Crippen molar-refractivity contribution in [1.29, 1.82) is 0 Å². The minimum Gasteiger partial charge on any atom is -0.309 e. The van der Waals surface area contributed by atoms with E-state index >= 15 is 0 Å². The van der Waals surface area contributed by atoms with E-state index in [1.807, 2.05) is 18.2 Å². The Kier molecular flexibility index (Phi) is 3.30. The van der Waals surface area contributed by atoms with Crippen molar-refractivity contribution < 1.29 is 9.63 Å². The molecular weight excluding hydrogens is 228 g/mol. The third kappa shape index (κ3) is 2.40. The summed E-state index contributed by atoms with van der Waals surface area (Å²) in [5.41, 5.74) is 5.74. The lowest BCUT2D eigenvalue weighted by atomic mass is 10.1. The van der Waals surface area contributed by atoms with Gasteiger partial charge in [0.1, 0.15) is 0 Å². The number of fused-ring (bicyclic) bond motifs is 1. The van der Waals surface area contributed by atoms with Gasteiger partial charge in [0.05, 0.1) is 6.10 Å². The summed E-state index contributed by atoms with van der Waals surface area (Å²) >= 11 is 0. The highest BCUT2D eigenvalue weighted by Gasteiger charge is 2.18. The van der Waals surface area contributed by atoms with Crippen LogP contribution in [0.3, 0.4) is 0 Å². The van der Waals surface area contributed by atoms with Crippen LogP contribution in [0.4, 0.5) is 0 Å². The Morgan fingerprint density at radius 1 is 1.22 bits per heavy atom. The number of hydrogen-bond acceptors (Lipinski definition) is 3. The summed E-state index contributed by atoms with van der Waals surface area (Å²) in [6, 6.07) is 5.82. The van der Waals surface area contributed by atoms with Crippen LogP contribution in [0, 0.1) is 0 Å². The molecule has 0 atom stereocenters. The van der Waals surface area contributed by atoms with E-state index in [0.29, 0.717) is 5.56 Å². The highest BCUT2D eigenvalue weighted by atomic mass is 16.7. The summed E-state index contributed by atoms with van der Waals surface area (Å²) in [6.07, 6.45) is 4.70. The molecule has 1 aliphatic heterocycles. The van der Waals surface area contributed by atoms with Crippen LogP contribution in [0.2, 0.25) is 0 Å². The van der Waals surface area contributed by atoms with E-state index in [1.165, 1.54) is 24.0 Å². The number of hydrogen-bond donors (Lipinski definition) is 2. The quantitative estimate of drug-likeness (QED) is 0.801. The van der Waals surface area contributed by atoms with E-state index < -0.39 is 0 Å². The third-order valence-electron chi connectivity index (χ3n) is 3.72. The topological polar surface area (TPSA) is 50.4 Å². The third-order valence-corrected chi connectivity index (χ3v) is 3.72. The summed E-state index contributed by atoms with van der Waals surface area (Å²) in [6.45, 7) is 1.75. The molecular formula is C14H18N2O2. The lowest BCUT2D eigenvalue weighted by Crippen LogP contribution is -2.28. The zero-order chi connectivity index (χ0) is 12.4. The van der Waals surface area contributed by atoms with E-state index in [1.54, 1.807) is 0 Å². The molecule has 4 heteroatoms. The van der Waals surface area contributed by atoms with Crippen molar-refractivity contribution in [1.82, 2.24) is 10.8 Å². The van der Waals surface area contributed by atoms with Crippen molar-refractivity contribution in [3.05, 3.63) is 34.9 Å². The molecule has 1 saturated carbocycles. The Hall–Kier alpha value is -1.39. The molecule has 0 aromatic heterocycles. The Morgan fingerprint density at radius 3 is 2.83 bits per heavy atom. The molecule has 0 bridgehead atoms. The second kappa shape index (κ2) is 5.08. The first-order valence-electron chi connectivity index (χ1n) is 6.61. The van der Waals surface area contributed by atoms with Gasteiger partial charge in [-0.05, 0) is 36.1 Å². The van der Waals surface area contributed by atoms with Crippen molar-refractivity contribution in [3.8, 4) is 0 Å². The van der Waals surface area contributed by atoms with Gasteiger partial charge in [0.15, 0.2) is 0 Å². The van der Waals surface area contributed by atoms with Gasteiger partial charge in [-0.2, -0.15) is 0 Å². The zero-order valence-corrected chi connectivity index (χ0v) is 10.4. The van der Waals surface area contributed by atoms with Crippen molar-refractivity contribution in [3.63, 3.8) is 0 Å². The molecule has 3 rings (SSSR count). The molecule has 1 amide bonds. The summed E-state index contributed by atoms with van der Waals surface area (Å²) in [4.78, 5) is 17.4. The van der Waals surface area contributed by atoms with Crippen molar-refractivity contribution >= 4 is 5.91 Å². The largest absolute Gasteiger partial charge is 0.309 e. The van der Waals surface area contributed by atoms with Gasteiger partial charge < -0.3 is 5.32 Å². The second-order valence-electron chi connectivity index (χ2n) is 5.04. The summed E-state index contributed by atoms with van der Waals surface area (Å²) in [5, 5.41) is 3.27. The van der Waals surface area contributed by atoms with Crippen LogP contribution in [0.25, 0.3) is 0 Å². The van der Waals surface area contributed by atoms with Crippen LogP contribution in [0.15, 0.2) is 18.2 Å². The fourth-order valence-electron chi connectivity index (χ4n) is 2.64. The highest BCUT2D eigenvalue weighted by molar-refractivity contribution is 5.93. The number of benzene rings is 1. The van der Waals surface area contributed by atoms with Gasteiger partial charge in [0.2, 0.25) is 0 Å². The lowest BCUT2D eigenvalue weighted by molar-refractivity contribution is -0.0124. The zero-order valence-electron chi connectivity index (χ0n) is 10.4.